The van der Waals surface area contributed by atoms with Crippen LogP contribution >= 0.6 is 0 Å². The Labute approximate surface area is 153 Å². The van der Waals surface area contributed by atoms with Crippen LogP contribution < -0.4 is 16.2 Å². The quantitative estimate of drug-likeness (QED) is 0.475. The number of carbonyl (C=O) groups is 1. The first kappa shape index (κ1) is 17.1. The Kier molecular flexibility index (Phi) is 4.05. The Balaban J connectivity index is 1.76. The molecule has 10 heteroatoms. The molecule has 2 aromatic heterocycles. The van der Waals surface area contributed by atoms with Crippen molar-refractivity contribution in [2.45, 2.75) is 25.4 Å². The van der Waals surface area contributed by atoms with Gasteiger partial charge < -0.3 is 15.0 Å². The molecule has 1 aliphatic heterocycles. The second-order valence-corrected chi connectivity index (χ2v) is 6.36. The van der Waals surface area contributed by atoms with Crippen molar-refractivity contribution in [3.63, 3.8) is 0 Å². The van der Waals surface area contributed by atoms with E-state index in [1.165, 1.54) is 4.57 Å². The van der Waals surface area contributed by atoms with Gasteiger partial charge in [0.25, 0.3) is 5.56 Å². The normalized spacial score (nSPS) is 22.0. The van der Waals surface area contributed by atoms with Gasteiger partial charge >= 0.3 is 0 Å². The fourth-order valence-corrected chi connectivity index (χ4v) is 3.23. The number of aryl methyl sites for hydroxylation is 1. The average Bonchev–Trinajstić information content (AvgIpc) is 3.28. The minimum atomic E-state index is -1.30. The summed E-state index contributed by atoms with van der Waals surface area (Å²) in [6.07, 6.45) is 0.402. The number of aliphatic hydroxyl groups excluding tert-OH is 1. The molecule has 138 valence electrons. The van der Waals surface area contributed by atoms with Gasteiger partial charge in [-0.25, -0.2) is 0 Å². The monoisotopic (exact) mass is 367 g/mol. The number of hydrogen-bond acceptors (Lipinski definition) is 7. The molecular weight excluding hydrogens is 350 g/mol. The molecule has 0 spiro atoms. The Hall–Kier alpha value is -3.37. The third kappa shape index (κ3) is 2.90. The molecule has 27 heavy (non-hydrogen) atoms. The zero-order valence-corrected chi connectivity index (χ0v) is 14.4. The van der Waals surface area contributed by atoms with E-state index in [-0.39, 0.29) is 12.1 Å². The third-order valence-electron chi connectivity index (χ3n) is 4.64. The molecule has 3 aromatic rings. The van der Waals surface area contributed by atoms with Crippen LogP contribution in [0, 0.1) is 6.92 Å². The van der Waals surface area contributed by atoms with E-state index in [0.717, 1.165) is 0 Å². The maximum atomic E-state index is 12.7. The lowest BCUT2D eigenvalue weighted by molar-refractivity contribution is -0.125. The van der Waals surface area contributed by atoms with Gasteiger partial charge in [0, 0.05) is 17.3 Å². The lowest BCUT2D eigenvalue weighted by Gasteiger charge is -2.28. The molecule has 2 unspecified atom stereocenters. The summed E-state index contributed by atoms with van der Waals surface area (Å²) in [5, 5.41) is 29.0. The smallest absolute Gasteiger partial charge is 0.253 e. The minimum Gasteiger partial charge on any atom is -0.361 e. The first-order valence-electron chi connectivity index (χ1n) is 8.27. The summed E-state index contributed by atoms with van der Waals surface area (Å²) in [5.74, 6) is 0.00471. The fraction of sp³-hybridized carbons (Fsp3) is 0.235. The number of amides is 1. The van der Waals surface area contributed by atoms with Crippen LogP contribution in [0.2, 0.25) is 0 Å². The predicted molar refractivity (Wildman–Crippen MR) is 94.0 cm³/mol. The van der Waals surface area contributed by atoms with Crippen molar-refractivity contribution < 1.29 is 9.90 Å². The largest absolute Gasteiger partial charge is 0.361 e. The van der Waals surface area contributed by atoms with Crippen LogP contribution in [-0.4, -0.2) is 42.6 Å². The number of tetrazole rings is 1. The van der Waals surface area contributed by atoms with Gasteiger partial charge in [-0.05, 0) is 23.8 Å². The van der Waals surface area contributed by atoms with Crippen molar-refractivity contribution in [2.75, 3.05) is 0 Å². The van der Waals surface area contributed by atoms with Gasteiger partial charge in [0.2, 0.25) is 11.7 Å². The van der Waals surface area contributed by atoms with Crippen molar-refractivity contribution >= 4 is 5.91 Å². The number of carbonyl (C=O) groups excluding carboxylic acids is 1. The Morgan fingerprint density at radius 3 is 2.63 bits per heavy atom. The molecular formula is C17H17N7O3. The predicted octanol–water partition coefficient (Wildman–Crippen LogP) is -0.772. The number of nitrogens with one attached hydrogen (secondary N) is 3. The molecule has 1 saturated heterocycles. The number of H-pyrrole nitrogens is 1. The first-order valence-corrected chi connectivity index (χ1v) is 8.27. The zero-order chi connectivity index (χ0) is 19.0. The number of aromatic nitrogens is 5. The molecule has 0 aliphatic carbocycles. The lowest BCUT2D eigenvalue weighted by atomic mass is 9.89. The van der Waals surface area contributed by atoms with Gasteiger partial charge in [0.1, 0.15) is 5.54 Å². The van der Waals surface area contributed by atoms with E-state index in [0.29, 0.717) is 22.5 Å². The summed E-state index contributed by atoms with van der Waals surface area (Å²) in [7, 11) is 0. The standard InChI is InChI=1S/C17H17N7O3/c1-10-3-2-8-24(14(10)25)9-17(15(26)18-16(27)19-17)12-6-4-11(5-7-12)13-20-22-23-21-13/h2-8,16,19,27H,9H2,1H3,(H,18,26)(H,20,21,22,23). The van der Waals surface area contributed by atoms with Crippen molar-refractivity contribution in [3.05, 3.63) is 64.1 Å². The highest BCUT2D eigenvalue weighted by Crippen LogP contribution is 2.29. The van der Waals surface area contributed by atoms with E-state index in [1.807, 2.05) is 0 Å². The summed E-state index contributed by atoms with van der Waals surface area (Å²) in [6.45, 7) is 1.74. The van der Waals surface area contributed by atoms with Gasteiger partial charge in [-0.15, -0.1) is 10.2 Å². The number of aliphatic hydroxyl groups is 1. The first-order chi connectivity index (χ1) is 13.0. The summed E-state index contributed by atoms with van der Waals surface area (Å²) in [6, 6.07) is 10.4. The molecule has 2 atom stereocenters. The van der Waals surface area contributed by atoms with Gasteiger partial charge in [-0.1, -0.05) is 30.3 Å². The molecule has 1 amide bonds. The van der Waals surface area contributed by atoms with Crippen LogP contribution in [0.5, 0.6) is 0 Å². The van der Waals surface area contributed by atoms with E-state index in [1.54, 1.807) is 49.5 Å². The molecule has 0 bridgehead atoms. The summed E-state index contributed by atoms with van der Waals surface area (Å²) in [5.41, 5.74) is 0.383. The minimum absolute atomic E-state index is 0.0258. The van der Waals surface area contributed by atoms with Crippen molar-refractivity contribution in [2.24, 2.45) is 0 Å². The molecule has 10 nitrogen and oxygen atoms in total. The highest BCUT2D eigenvalue weighted by Gasteiger charge is 2.48. The highest BCUT2D eigenvalue weighted by atomic mass is 16.3. The van der Waals surface area contributed by atoms with Crippen molar-refractivity contribution in [1.82, 2.24) is 35.8 Å². The maximum absolute atomic E-state index is 12.7. The van der Waals surface area contributed by atoms with Crippen molar-refractivity contribution in [1.29, 1.82) is 0 Å². The van der Waals surface area contributed by atoms with Crippen LogP contribution in [0.25, 0.3) is 11.4 Å². The zero-order valence-electron chi connectivity index (χ0n) is 14.4. The maximum Gasteiger partial charge on any atom is 0.253 e. The van der Waals surface area contributed by atoms with Gasteiger partial charge in [0.05, 0.1) is 6.54 Å². The number of pyridine rings is 1. The molecule has 0 radical (unpaired) electrons. The fourth-order valence-electron chi connectivity index (χ4n) is 3.23. The second-order valence-electron chi connectivity index (χ2n) is 6.36. The number of hydrogen-bond donors (Lipinski definition) is 4. The lowest BCUT2D eigenvalue weighted by Crippen LogP contribution is -2.49. The van der Waals surface area contributed by atoms with Gasteiger partial charge in [-0.2, -0.15) is 5.21 Å². The Morgan fingerprint density at radius 2 is 2.00 bits per heavy atom. The van der Waals surface area contributed by atoms with E-state index < -0.39 is 17.8 Å². The summed E-state index contributed by atoms with van der Waals surface area (Å²) >= 11 is 0. The summed E-state index contributed by atoms with van der Waals surface area (Å²) in [4.78, 5) is 25.2. The van der Waals surface area contributed by atoms with E-state index >= 15 is 0 Å². The molecule has 1 aliphatic rings. The third-order valence-corrected chi connectivity index (χ3v) is 4.64. The number of benzene rings is 1. The van der Waals surface area contributed by atoms with Crippen LogP contribution in [-0.2, 0) is 16.9 Å². The molecule has 4 rings (SSSR count). The summed E-state index contributed by atoms with van der Waals surface area (Å²) < 4.78 is 1.45. The average molecular weight is 367 g/mol. The SMILES string of the molecule is Cc1cccn(CC2(c3ccc(-c4nn[nH]n4)cc3)NC(O)NC2=O)c1=O. The van der Waals surface area contributed by atoms with Crippen LogP contribution in [0.1, 0.15) is 11.1 Å². The number of aromatic amines is 1. The van der Waals surface area contributed by atoms with Crippen molar-refractivity contribution in [3.8, 4) is 11.4 Å². The van der Waals surface area contributed by atoms with Crippen LogP contribution in [0.4, 0.5) is 0 Å². The Bertz CT molecular complexity index is 1030. The van der Waals surface area contributed by atoms with E-state index in [2.05, 4.69) is 31.3 Å². The molecule has 0 saturated carbocycles. The number of rotatable bonds is 4. The number of nitrogens with zero attached hydrogens (tertiary/aromatic N) is 4. The topological polar surface area (TPSA) is 138 Å². The van der Waals surface area contributed by atoms with Crippen LogP contribution in [0.15, 0.2) is 47.4 Å². The Morgan fingerprint density at radius 1 is 1.22 bits per heavy atom. The van der Waals surface area contributed by atoms with Crippen LogP contribution in [0.3, 0.4) is 0 Å². The van der Waals surface area contributed by atoms with Gasteiger partial charge in [0.15, 0.2) is 6.35 Å². The molecule has 1 fully saturated rings. The highest BCUT2D eigenvalue weighted by molar-refractivity contribution is 5.90. The molecule has 3 heterocycles. The van der Waals surface area contributed by atoms with E-state index in [9.17, 15) is 14.7 Å². The van der Waals surface area contributed by atoms with Gasteiger partial charge in [-0.3, -0.25) is 14.9 Å². The van der Waals surface area contributed by atoms with E-state index in [4.69, 9.17) is 0 Å². The second kappa shape index (κ2) is 6.41. The molecule has 1 aromatic carbocycles. The molecule has 4 N–H and O–H groups in total.